The number of nitrogens with one attached hydrogen (secondary N) is 1. The van der Waals surface area contributed by atoms with Gasteiger partial charge in [0.2, 0.25) is 5.76 Å². The van der Waals surface area contributed by atoms with E-state index in [-0.39, 0.29) is 11.7 Å². The Balaban J connectivity index is 2.21. The number of carbonyl (C=O) groups excluding carboxylic acids is 1. The number of rotatable bonds is 2. The molecule has 0 fully saturated rings. The first-order valence-electron chi connectivity index (χ1n) is 4.76. The Labute approximate surface area is 115 Å². The Morgan fingerprint density at radius 2 is 2.12 bits per heavy atom. The van der Waals surface area contributed by atoms with Crippen LogP contribution in [0.3, 0.4) is 0 Å². The molecule has 2 aromatic rings. The molecular formula is C11H8Br2N2O2. The first-order valence-corrected chi connectivity index (χ1v) is 6.34. The van der Waals surface area contributed by atoms with Gasteiger partial charge in [-0.15, -0.1) is 0 Å². The number of halogens is 2. The van der Waals surface area contributed by atoms with Crippen molar-refractivity contribution in [3.63, 3.8) is 0 Å². The zero-order valence-corrected chi connectivity index (χ0v) is 12.0. The largest absolute Gasteiger partial charge is 0.351 e. The third-order valence-electron chi connectivity index (χ3n) is 2.03. The number of aryl methyl sites for hydroxylation is 1. The monoisotopic (exact) mass is 358 g/mol. The highest BCUT2D eigenvalue weighted by atomic mass is 79.9. The summed E-state index contributed by atoms with van der Waals surface area (Å²) in [6.45, 7) is 1.76. The van der Waals surface area contributed by atoms with Crippen molar-refractivity contribution in [2.45, 2.75) is 6.92 Å². The van der Waals surface area contributed by atoms with Crippen molar-refractivity contribution >= 4 is 43.5 Å². The summed E-state index contributed by atoms with van der Waals surface area (Å²) in [6, 6.07) is 7.09. The minimum Gasteiger partial charge on any atom is -0.351 e. The SMILES string of the molecule is Cc1cc(C(=O)Nc2cc(Br)ccc2Br)on1. The number of carbonyl (C=O) groups is 1. The third kappa shape index (κ3) is 2.95. The number of nitrogens with zero attached hydrogens (tertiary/aromatic N) is 1. The van der Waals surface area contributed by atoms with Gasteiger partial charge in [-0.2, -0.15) is 0 Å². The molecule has 0 atom stereocenters. The van der Waals surface area contributed by atoms with E-state index in [1.54, 1.807) is 19.1 Å². The molecule has 1 aromatic heterocycles. The van der Waals surface area contributed by atoms with Crippen molar-refractivity contribution in [2.75, 3.05) is 5.32 Å². The van der Waals surface area contributed by atoms with Crippen molar-refractivity contribution in [1.29, 1.82) is 0 Å². The smallest absolute Gasteiger partial charge is 0.294 e. The molecule has 2 rings (SSSR count). The van der Waals surface area contributed by atoms with E-state index in [0.717, 1.165) is 8.95 Å². The summed E-state index contributed by atoms with van der Waals surface area (Å²) in [6.07, 6.45) is 0. The van der Waals surface area contributed by atoms with E-state index >= 15 is 0 Å². The predicted molar refractivity (Wildman–Crippen MR) is 71.0 cm³/mol. The van der Waals surface area contributed by atoms with Crippen LogP contribution in [0.25, 0.3) is 0 Å². The minimum absolute atomic E-state index is 0.189. The van der Waals surface area contributed by atoms with Crippen LogP contribution in [0.5, 0.6) is 0 Å². The molecule has 0 aliphatic carbocycles. The van der Waals surface area contributed by atoms with E-state index in [1.165, 1.54) is 0 Å². The molecular weight excluding hydrogens is 352 g/mol. The highest BCUT2D eigenvalue weighted by molar-refractivity contribution is 9.11. The van der Waals surface area contributed by atoms with Crippen LogP contribution >= 0.6 is 31.9 Å². The molecule has 4 nitrogen and oxygen atoms in total. The van der Waals surface area contributed by atoms with Crippen molar-refractivity contribution < 1.29 is 9.32 Å². The zero-order chi connectivity index (χ0) is 12.4. The molecule has 0 saturated heterocycles. The maximum atomic E-state index is 11.8. The molecule has 0 unspecified atom stereocenters. The zero-order valence-electron chi connectivity index (χ0n) is 8.83. The highest BCUT2D eigenvalue weighted by Gasteiger charge is 2.13. The van der Waals surface area contributed by atoms with Crippen molar-refractivity contribution in [3.8, 4) is 0 Å². The number of hydrogen-bond donors (Lipinski definition) is 1. The molecule has 1 heterocycles. The van der Waals surface area contributed by atoms with Gasteiger partial charge in [-0.25, -0.2) is 0 Å². The van der Waals surface area contributed by atoms with Crippen LogP contribution in [0.4, 0.5) is 5.69 Å². The summed E-state index contributed by atoms with van der Waals surface area (Å²) in [4.78, 5) is 11.8. The lowest BCUT2D eigenvalue weighted by Crippen LogP contribution is -2.11. The minimum atomic E-state index is -0.329. The highest BCUT2D eigenvalue weighted by Crippen LogP contribution is 2.26. The van der Waals surface area contributed by atoms with Crippen LogP contribution in [0.15, 0.2) is 37.7 Å². The summed E-state index contributed by atoms with van der Waals surface area (Å²) >= 11 is 6.69. The molecule has 1 N–H and O–H groups in total. The predicted octanol–water partition coefficient (Wildman–Crippen LogP) is 3.76. The molecule has 0 bridgehead atoms. The lowest BCUT2D eigenvalue weighted by atomic mass is 10.3. The fourth-order valence-corrected chi connectivity index (χ4v) is 1.95. The molecule has 0 aliphatic rings. The normalized spacial score (nSPS) is 10.3. The lowest BCUT2D eigenvalue weighted by molar-refractivity contribution is 0.0988. The average molecular weight is 360 g/mol. The number of amides is 1. The van der Waals surface area contributed by atoms with Crippen LogP contribution < -0.4 is 5.32 Å². The quantitative estimate of drug-likeness (QED) is 0.888. The van der Waals surface area contributed by atoms with Gasteiger partial charge >= 0.3 is 0 Å². The first-order chi connectivity index (χ1) is 8.06. The fraction of sp³-hybridized carbons (Fsp3) is 0.0909. The summed E-state index contributed by atoms with van der Waals surface area (Å²) in [7, 11) is 0. The Kier molecular flexibility index (Phi) is 3.63. The summed E-state index contributed by atoms with van der Waals surface area (Å²) in [5.41, 5.74) is 1.34. The molecule has 88 valence electrons. The number of aromatic nitrogens is 1. The van der Waals surface area contributed by atoms with E-state index < -0.39 is 0 Å². The summed E-state index contributed by atoms with van der Waals surface area (Å²) in [5.74, 6) is -0.140. The average Bonchev–Trinajstić information content (AvgIpc) is 2.70. The van der Waals surface area contributed by atoms with Crippen molar-refractivity contribution in [1.82, 2.24) is 5.16 Å². The van der Waals surface area contributed by atoms with Gasteiger partial charge in [-0.1, -0.05) is 21.1 Å². The van der Waals surface area contributed by atoms with Gasteiger partial charge in [-0.05, 0) is 41.1 Å². The Hall–Kier alpha value is -1.14. The van der Waals surface area contributed by atoms with Gasteiger partial charge in [0.1, 0.15) is 0 Å². The maximum Gasteiger partial charge on any atom is 0.294 e. The third-order valence-corrected chi connectivity index (χ3v) is 3.21. The molecule has 0 saturated carbocycles. The van der Waals surface area contributed by atoms with E-state index in [0.29, 0.717) is 11.4 Å². The van der Waals surface area contributed by atoms with E-state index in [9.17, 15) is 4.79 Å². The molecule has 0 radical (unpaired) electrons. The van der Waals surface area contributed by atoms with E-state index in [1.807, 2.05) is 12.1 Å². The maximum absolute atomic E-state index is 11.8. The second-order valence-electron chi connectivity index (χ2n) is 3.41. The van der Waals surface area contributed by atoms with Crippen LogP contribution in [-0.2, 0) is 0 Å². The van der Waals surface area contributed by atoms with Crippen molar-refractivity contribution in [2.24, 2.45) is 0 Å². The topological polar surface area (TPSA) is 55.1 Å². The number of benzene rings is 1. The Bertz CT molecular complexity index is 566. The molecule has 1 aromatic carbocycles. The number of hydrogen-bond acceptors (Lipinski definition) is 3. The molecule has 1 amide bonds. The summed E-state index contributed by atoms with van der Waals surface area (Å²) < 4.78 is 6.56. The summed E-state index contributed by atoms with van der Waals surface area (Å²) in [5, 5.41) is 6.39. The molecule has 0 aliphatic heterocycles. The Morgan fingerprint density at radius 3 is 2.76 bits per heavy atom. The van der Waals surface area contributed by atoms with Crippen LogP contribution in [0, 0.1) is 6.92 Å². The van der Waals surface area contributed by atoms with Gasteiger partial charge < -0.3 is 9.84 Å². The molecule has 6 heteroatoms. The van der Waals surface area contributed by atoms with Gasteiger partial charge in [-0.3, -0.25) is 4.79 Å². The van der Waals surface area contributed by atoms with Crippen LogP contribution in [0.1, 0.15) is 16.2 Å². The molecule has 17 heavy (non-hydrogen) atoms. The lowest BCUT2D eigenvalue weighted by Gasteiger charge is -2.05. The second-order valence-corrected chi connectivity index (χ2v) is 5.18. The Morgan fingerprint density at radius 1 is 1.35 bits per heavy atom. The van der Waals surface area contributed by atoms with Gasteiger partial charge in [0.05, 0.1) is 11.4 Å². The van der Waals surface area contributed by atoms with Gasteiger partial charge in [0.25, 0.3) is 5.91 Å². The van der Waals surface area contributed by atoms with E-state index in [2.05, 4.69) is 42.3 Å². The second kappa shape index (κ2) is 5.01. The number of anilines is 1. The van der Waals surface area contributed by atoms with Gasteiger partial charge in [0.15, 0.2) is 0 Å². The fourth-order valence-electron chi connectivity index (χ4n) is 1.25. The first kappa shape index (κ1) is 12.3. The van der Waals surface area contributed by atoms with Crippen LogP contribution in [-0.4, -0.2) is 11.1 Å². The van der Waals surface area contributed by atoms with Gasteiger partial charge in [0, 0.05) is 15.0 Å². The van der Waals surface area contributed by atoms with Crippen LogP contribution in [0.2, 0.25) is 0 Å². The standard InChI is InChI=1S/C11H8Br2N2O2/c1-6-4-10(17-15-6)11(16)14-9-5-7(12)2-3-8(9)13/h2-5H,1H3,(H,14,16). The van der Waals surface area contributed by atoms with E-state index in [4.69, 9.17) is 4.52 Å². The molecule has 0 spiro atoms. The van der Waals surface area contributed by atoms with Crippen molar-refractivity contribution in [3.05, 3.63) is 44.7 Å².